The minimum atomic E-state index is 0.508. The molecule has 1 saturated carbocycles. The Kier molecular flexibility index (Phi) is 4.53. The van der Waals surface area contributed by atoms with Crippen LogP contribution < -0.4 is 10.1 Å². The van der Waals surface area contributed by atoms with Gasteiger partial charge in [-0.25, -0.2) is 0 Å². The molecule has 0 bridgehead atoms. The van der Waals surface area contributed by atoms with Crippen molar-refractivity contribution in [2.24, 2.45) is 5.92 Å². The van der Waals surface area contributed by atoms with E-state index in [1.54, 1.807) is 7.11 Å². The molecule has 4 heteroatoms. The van der Waals surface area contributed by atoms with Gasteiger partial charge < -0.3 is 14.8 Å². The van der Waals surface area contributed by atoms with Gasteiger partial charge in [0.05, 0.1) is 6.20 Å². The van der Waals surface area contributed by atoms with Crippen molar-refractivity contribution >= 4 is 0 Å². The normalized spacial score (nSPS) is 28.6. The third-order valence-electron chi connectivity index (χ3n) is 4.39. The minimum Gasteiger partial charge on any atom is -0.490 e. The zero-order valence-electron chi connectivity index (χ0n) is 12.2. The average Bonchev–Trinajstić information content (AvgIpc) is 3.07. The van der Waals surface area contributed by atoms with Crippen LogP contribution in [0.3, 0.4) is 0 Å². The maximum atomic E-state index is 5.88. The average molecular weight is 276 g/mol. The highest BCUT2D eigenvalue weighted by atomic mass is 16.5. The van der Waals surface area contributed by atoms with E-state index in [-0.39, 0.29) is 0 Å². The predicted octanol–water partition coefficient (Wildman–Crippen LogP) is 2.35. The van der Waals surface area contributed by atoms with E-state index >= 15 is 0 Å². The maximum absolute atomic E-state index is 5.88. The first kappa shape index (κ1) is 13.8. The third-order valence-corrected chi connectivity index (χ3v) is 4.39. The number of nitrogens with zero attached hydrogens (tertiary/aromatic N) is 1. The lowest BCUT2D eigenvalue weighted by Gasteiger charge is -2.12. The molecule has 3 rings (SSSR count). The molecule has 2 fully saturated rings. The molecule has 2 aliphatic rings. The van der Waals surface area contributed by atoms with Gasteiger partial charge in [0.25, 0.3) is 0 Å². The van der Waals surface area contributed by atoms with Crippen molar-refractivity contribution in [3.8, 4) is 5.75 Å². The summed E-state index contributed by atoms with van der Waals surface area (Å²) >= 11 is 0. The smallest absolute Gasteiger partial charge is 0.137 e. The molecular formula is C16H24N2O2. The summed E-state index contributed by atoms with van der Waals surface area (Å²) in [6, 6.07) is 2.67. The summed E-state index contributed by atoms with van der Waals surface area (Å²) in [7, 11) is 1.77. The number of hydrogen-bond acceptors (Lipinski definition) is 4. The van der Waals surface area contributed by atoms with E-state index in [0.717, 1.165) is 37.8 Å². The van der Waals surface area contributed by atoms with Crippen LogP contribution in [-0.2, 0) is 4.74 Å². The second kappa shape index (κ2) is 6.55. The van der Waals surface area contributed by atoms with E-state index in [9.17, 15) is 0 Å². The molecule has 1 aromatic rings. The lowest BCUT2D eigenvalue weighted by molar-refractivity contribution is 0.189. The van der Waals surface area contributed by atoms with Crippen molar-refractivity contribution in [1.29, 1.82) is 0 Å². The first-order valence-electron chi connectivity index (χ1n) is 7.67. The molecule has 1 aliphatic heterocycles. The maximum Gasteiger partial charge on any atom is 0.137 e. The van der Waals surface area contributed by atoms with Crippen LogP contribution in [0.25, 0.3) is 0 Å². The zero-order valence-corrected chi connectivity index (χ0v) is 12.2. The van der Waals surface area contributed by atoms with E-state index in [1.807, 2.05) is 12.4 Å². The van der Waals surface area contributed by atoms with Gasteiger partial charge in [-0.3, -0.25) is 4.98 Å². The van der Waals surface area contributed by atoms with Crippen LogP contribution >= 0.6 is 0 Å². The molecule has 20 heavy (non-hydrogen) atoms. The van der Waals surface area contributed by atoms with Crippen molar-refractivity contribution in [2.75, 3.05) is 26.9 Å². The number of pyridine rings is 1. The molecule has 0 aromatic carbocycles. The molecule has 0 unspecified atom stereocenters. The van der Waals surface area contributed by atoms with Crippen LogP contribution in [0.5, 0.6) is 5.75 Å². The SMILES string of the molecule is COCC[C@@H]1C[C@@H]1c1cncc(OC[C@@H]2CCCN2)c1. The summed E-state index contributed by atoms with van der Waals surface area (Å²) in [6.07, 6.45) is 8.70. The van der Waals surface area contributed by atoms with Crippen LogP contribution in [0.2, 0.25) is 0 Å². The quantitative estimate of drug-likeness (QED) is 0.830. The van der Waals surface area contributed by atoms with E-state index in [4.69, 9.17) is 9.47 Å². The monoisotopic (exact) mass is 276 g/mol. The Bertz CT molecular complexity index is 432. The van der Waals surface area contributed by atoms with Crippen LogP contribution in [0.1, 0.15) is 37.2 Å². The number of hydrogen-bond donors (Lipinski definition) is 1. The third kappa shape index (κ3) is 3.49. The Morgan fingerprint density at radius 1 is 1.40 bits per heavy atom. The van der Waals surface area contributed by atoms with Crippen molar-refractivity contribution < 1.29 is 9.47 Å². The second-order valence-corrected chi connectivity index (χ2v) is 5.94. The molecule has 0 amide bonds. The fraction of sp³-hybridized carbons (Fsp3) is 0.688. The first-order chi connectivity index (χ1) is 9.86. The molecule has 1 aromatic heterocycles. The number of methoxy groups -OCH3 is 1. The fourth-order valence-corrected chi connectivity index (χ4v) is 3.06. The molecule has 4 nitrogen and oxygen atoms in total. The van der Waals surface area contributed by atoms with Gasteiger partial charge in [-0.05, 0) is 55.7 Å². The highest BCUT2D eigenvalue weighted by Crippen LogP contribution is 2.49. The zero-order chi connectivity index (χ0) is 13.8. The fourth-order valence-electron chi connectivity index (χ4n) is 3.06. The lowest BCUT2D eigenvalue weighted by Crippen LogP contribution is -2.28. The van der Waals surface area contributed by atoms with Gasteiger partial charge in [0.1, 0.15) is 12.4 Å². The van der Waals surface area contributed by atoms with Gasteiger partial charge in [-0.1, -0.05) is 0 Å². The molecule has 3 atom stereocenters. The molecule has 1 N–H and O–H groups in total. The summed E-state index contributed by atoms with van der Waals surface area (Å²) in [5, 5.41) is 3.45. The van der Waals surface area contributed by atoms with Crippen molar-refractivity contribution in [2.45, 2.75) is 37.6 Å². The van der Waals surface area contributed by atoms with Gasteiger partial charge >= 0.3 is 0 Å². The second-order valence-electron chi connectivity index (χ2n) is 5.94. The predicted molar refractivity (Wildman–Crippen MR) is 78.1 cm³/mol. The van der Waals surface area contributed by atoms with Gasteiger partial charge in [0, 0.05) is 26.0 Å². The van der Waals surface area contributed by atoms with Crippen LogP contribution in [0.15, 0.2) is 18.5 Å². The lowest BCUT2D eigenvalue weighted by atomic mass is 10.1. The molecule has 1 saturated heterocycles. The Morgan fingerprint density at radius 2 is 2.35 bits per heavy atom. The summed E-state index contributed by atoms with van der Waals surface area (Å²) in [5.74, 6) is 2.34. The minimum absolute atomic E-state index is 0.508. The molecule has 0 spiro atoms. The van der Waals surface area contributed by atoms with Crippen molar-refractivity contribution in [3.63, 3.8) is 0 Å². The van der Waals surface area contributed by atoms with Crippen molar-refractivity contribution in [1.82, 2.24) is 10.3 Å². The summed E-state index contributed by atoms with van der Waals surface area (Å²) in [5.41, 5.74) is 1.32. The Hall–Kier alpha value is -1.13. The Balaban J connectivity index is 1.51. The summed E-state index contributed by atoms with van der Waals surface area (Å²) < 4.78 is 11.0. The first-order valence-corrected chi connectivity index (χ1v) is 7.67. The van der Waals surface area contributed by atoms with Gasteiger partial charge in [-0.15, -0.1) is 0 Å². The number of nitrogens with one attached hydrogen (secondary N) is 1. The molecular weight excluding hydrogens is 252 g/mol. The van der Waals surface area contributed by atoms with Gasteiger partial charge in [0.2, 0.25) is 0 Å². The highest BCUT2D eigenvalue weighted by Gasteiger charge is 2.38. The molecule has 110 valence electrons. The highest BCUT2D eigenvalue weighted by molar-refractivity contribution is 5.30. The van der Waals surface area contributed by atoms with E-state index in [2.05, 4.69) is 16.4 Å². The largest absolute Gasteiger partial charge is 0.490 e. The summed E-state index contributed by atoms with van der Waals surface area (Å²) in [4.78, 5) is 4.33. The number of ether oxygens (including phenoxy) is 2. The molecule has 2 heterocycles. The number of aromatic nitrogens is 1. The standard InChI is InChI=1S/C16H24N2O2/c1-19-6-4-12-8-16(12)13-7-15(10-17-9-13)20-11-14-3-2-5-18-14/h7,9-10,12,14,16,18H,2-6,8,11H2,1H3/t12-,14+,16+/m1/s1. The van der Waals surface area contributed by atoms with Crippen LogP contribution in [0.4, 0.5) is 0 Å². The topological polar surface area (TPSA) is 43.4 Å². The number of rotatable bonds is 7. The Morgan fingerprint density at radius 3 is 3.15 bits per heavy atom. The summed E-state index contributed by atoms with van der Waals surface area (Å²) in [6.45, 7) is 2.73. The van der Waals surface area contributed by atoms with E-state index in [0.29, 0.717) is 12.0 Å². The van der Waals surface area contributed by atoms with E-state index in [1.165, 1.54) is 24.8 Å². The van der Waals surface area contributed by atoms with Gasteiger partial charge in [0.15, 0.2) is 0 Å². The van der Waals surface area contributed by atoms with Crippen molar-refractivity contribution in [3.05, 3.63) is 24.0 Å². The van der Waals surface area contributed by atoms with Gasteiger partial charge in [-0.2, -0.15) is 0 Å². The molecule has 0 radical (unpaired) electrons. The van der Waals surface area contributed by atoms with Crippen LogP contribution in [0, 0.1) is 5.92 Å². The molecule has 1 aliphatic carbocycles. The Labute approximate surface area is 120 Å². The van der Waals surface area contributed by atoms with E-state index < -0.39 is 0 Å². The van der Waals surface area contributed by atoms with Crippen LogP contribution in [-0.4, -0.2) is 37.9 Å².